The van der Waals surface area contributed by atoms with Gasteiger partial charge in [0, 0.05) is 63.6 Å². The fourth-order valence-electron chi connectivity index (χ4n) is 4.22. The van der Waals surface area contributed by atoms with Crippen molar-refractivity contribution in [2.24, 2.45) is 7.05 Å². The molecule has 0 atom stereocenters. The van der Waals surface area contributed by atoms with E-state index in [0.717, 1.165) is 37.6 Å². The highest BCUT2D eigenvalue weighted by Crippen LogP contribution is 2.25. The van der Waals surface area contributed by atoms with E-state index in [-0.39, 0.29) is 0 Å². The van der Waals surface area contributed by atoms with E-state index in [1.165, 1.54) is 16.3 Å². The Balaban J connectivity index is 1.41. The van der Waals surface area contributed by atoms with E-state index < -0.39 is 11.2 Å². The van der Waals surface area contributed by atoms with Crippen LogP contribution in [0, 0.1) is 0 Å². The Bertz CT molecular complexity index is 1420. The van der Waals surface area contributed by atoms with Gasteiger partial charge in [0.1, 0.15) is 5.75 Å². The second kappa shape index (κ2) is 9.82. The summed E-state index contributed by atoms with van der Waals surface area (Å²) in [7, 11) is 3.28. The van der Waals surface area contributed by atoms with Crippen molar-refractivity contribution in [1.82, 2.24) is 29.1 Å². The fourth-order valence-corrected chi connectivity index (χ4v) is 4.95. The summed E-state index contributed by atoms with van der Waals surface area (Å²) in [6.07, 6.45) is 3.41. The van der Waals surface area contributed by atoms with Crippen LogP contribution in [0.5, 0.6) is 5.75 Å². The maximum absolute atomic E-state index is 12.8. The van der Waals surface area contributed by atoms with E-state index in [1.54, 1.807) is 32.6 Å². The molecule has 1 aliphatic heterocycles. The molecule has 4 aromatic rings. The van der Waals surface area contributed by atoms with Crippen LogP contribution >= 0.6 is 11.8 Å². The fraction of sp³-hybridized carbons (Fsp3) is 0.348. The van der Waals surface area contributed by atoms with Crippen molar-refractivity contribution in [1.29, 1.82) is 0 Å². The molecule has 0 spiro atoms. The number of thioether (sulfide) groups is 1. The van der Waals surface area contributed by atoms with Gasteiger partial charge >= 0.3 is 5.69 Å². The normalized spacial score (nSPS) is 14.0. The van der Waals surface area contributed by atoms with Gasteiger partial charge in [-0.05, 0) is 30.3 Å². The van der Waals surface area contributed by atoms with Crippen molar-refractivity contribution < 1.29 is 4.74 Å². The molecule has 3 aromatic heterocycles. The minimum Gasteiger partial charge on any atom is -0.497 e. The summed E-state index contributed by atoms with van der Waals surface area (Å²) in [5, 5.41) is 0.674. The summed E-state index contributed by atoms with van der Waals surface area (Å²) in [6, 6.07) is 9.81. The number of piperazine rings is 1. The minimum atomic E-state index is -0.477. The summed E-state index contributed by atoms with van der Waals surface area (Å²) >= 11 is 1.51. The first-order valence-electron chi connectivity index (χ1n) is 11.3. The van der Waals surface area contributed by atoms with Crippen LogP contribution in [0.15, 0.2) is 57.5 Å². The van der Waals surface area contributed by atoms with Crippen LogP contribution in [0.25, 0.3) is 11.2 Å². The largest absolute Gasteiger partial charge is 0.497 e. The molecular weight excluding hydrogens is 468 g/mol. The van der Waals surface area contributed by atoms with E-state index in [9.17, 15) is 9.59 Å². The number of nitrogens with zero attached hydrogens (tertiary/aromatic N) is 7. The van der Waals surface area contributed by atoms with Gasteiger partial charge in [-0.3, -0.25) is 14.3 Å². The number of hydrogen-bond acceptors (Lipinski definition) is 9. The topological polar surface area (TPSA) is 114 Å². The lowest BCUT2D eigenvalue weighted by atomic mass is 10.2. The molecule has 0 aliphatic carbocycles. The van der Waals surface area contributed by atoms with Gasteiger partial charge in [-0.25, -0.2) is 14.8 Å². The monoisotopic (exact) mass is 494 g/mol. The molecule has 0 unspecified atom stereocenters. The summed E-state index contributed by atoms with van der Waals surface area (Å²) in [5.74, 6) is 2.17. The highest BCUT2D eigenvalue weighted by Gasteiger charge is 2.25. The zero-order valence-corrected chi connectivity index (χ0v) is 20.4. The van der Waals surface area contributed by atoms with Gasteiger partial charge in [0.15, 0.2) is 16.3 Å². The molecule has 4 heterocycles. The molecule has 0 saturated carbocycles. The number of aromatic amines is 1. The van der Waals surface area contributed by atoms with E-state index >= 15 is 0 Å². The average Bonchev–Trinajstić information content (AvgIpc) is 3.28. The van der Waals surface area contributed by atoms with Gasteiger partial charge in [-0.1, -0.05) is 11.8 Å². The number of aryl methyl sites for hydroxylation is 2. The van der Waals surface area contributed by atoms with Crippen LogP contribution in [0.3, 0.4) is 0 Å². The molecule has 1 saturated heterocycles. The lowest BCUT2D eigenvalue weighted by molar-refractivity contribution is 0.415. The number of H-pyrrole nitrogens is 1. The number of aromatic nitrogens is 6. The maximum atomic E-state index is 12.8. The van der Waals surface area contributed by atoms with Crippen LogP contribution in [0.1, 0.15) is 0 Å². The van der Waals surface area contributed by atoms with Gasteiger partial charge in [-0.15, -0.1) is 0 Å². The smallest absolute Gasteiger partial charge is 0.329 e. The van der Waals surface area contributed by atoms with E-state index in [4.69, 9.17) is 9.72 Å². The van der Waals surface area contributed by atoms with Crippen molar-refractivity contribution in [3.63, 3.8) is 0 Å². The summed E-state index contributed by atoms with van der Waals surface area (Å²) < 4.78 is 8.56. The van der Waals surface area contributed by atoms with Crippen LogP contribution in [0.2, 0.25) is 0 Å². The van der Waals surface area contributed by atoms with Gasteiger partial charge in [-0.2, -0.15) is 4.98 Å². The Morgan fingerprint density at radius 2 is 1.71 bits per heavy atom. The van der Waals surface area contributed by atoms with Crippen LogP contribution in [0.4, 0.5) is 11.6 Å². The molecule has 12 heteroatoms. The van der Waals surface area contributed by atoms with Crippen LogP contribution in [-0.2, 0) is 13.6 Å². The lowest BCUT2D eigenvalue weighted by Crippen LogP contribution is -2.47. The second-order valence-electron chi connectivity index (χ2n) is 8.11. The molecule has 1 aliphatic rings. The molecule has 1 fully saturated rings. The molecule has 0 bridgehead atoms. The molecule has 0 radical (unpaired) electrons. The van der Waals surface area contributed by atoms with E-state index in [1.807, 2.05) is 16.7 Å². The molecule has 5 rings (SSSR count). The first kappa shape index (κ1) is 23.0. The number of anilines is 2. The molecule has 11 nitrogen and oxygen atoms in total. The summed E-state index contributed by atoms with van der Waals surface area (Å²) in [5.41, 5.74) is 1.01. The van der Waals surface area contributed by atoms with Crippen molar-refractivity contribution in [2.75, 3.05) is 48.8 Å². The zero-order chi connectivity index (χ0) is 24.4. The third-order valence-corrected chi connectivity index (χ3v) is 6.93. The molecule has 1 N–H and O–H groups in total. The molecular formula is C23H26N8O3S. The predicted molar refractivity (Wildman–Crippen MR) is 136 cm³/mol. The van der Waals surface area contributed by atoms with Crippen molar-refractivity contribution in [2.45, 2.75) is 11.7 Å². The molecule has 182 valence electrons. The van der Waals surface area contributed by atoms with Gasteiger partial charge in [0.05, 0.1) is 7.11 Å². The standard InChI is InChI=1S/C23H26N8O3S/c1-28-19-18(20(32)27-23(28)33)31(14-15-35-21-24-8-3-9-25-21)22(26-19)30-12-10-29(11-13-30)16-4-6-17(34-2)7-5-16/h3-9H,10-15H2,1-2H3,(H,27,32,33). The third kappa shape index (κ3) is 4.61. The molecule has 0 amide bonds. The Morgan fingerprint density at radius 3 is 2.40 bits per heavy atom. The average molecular weight is 495 g/mol. The Hall–Kier alpha value is -3.80. The predicted octanol–water partition coefficient (Wildman–Crippen LogP) is 1.34. The SMILES string of the molecule is COc1ccc(N2CCN(c3nc4c(c(=O)[nH]c(=O)n4C)n3CCSc3ncccn3)CC2)cc1. The first-order valence-corrected chi connectivity index (χ1v) is 12.3. The number of rotatable bonds is 7. The number of fused-ring (bicyclic) bond motifs is 1. The van der Waals surface area contributed by atoms with Gasteiger partial charge in [0.25, 0.3) is 5.56 Å². The Morgan fingerprint density at radius 1 is 1.03 bits per heavy atom. The van der Waals surface area contributed by atoms with Gasteiger partial charge in [0.2, 0.25) is 5.95 Å². The lowest BCUT2D eigenvalue weighted by Gasteiger charge is -2.36. The van der Waals surface area contributed by atoms with E-state index in [0.29, 0.717) is 34.6 Å². The number of methoxy groups -OCH3 is 1. The number of nitrogens with one attached hydrogen (secondary N) is 1. The van der Waals surface area contributed by atoms with Crippen molar-refractivity contribution in [3.8, 4) is 5.75 Å². The van der Waals surface area contributed by atoms with Crippen LogP contribution < -0.4 is 25.8 Å². The molecule has 1 aromatic carbocycles. The Labute approximate surface area is 205 Å². The highest BCUT2D eigenvalue weighted by molar-refractivity contribution is 7.99. The third-order valence-electron chi connectivity index (χ3n) is 6.08. The highest BCUT2D eigenvalue weighted by atomic mass is 32.2. The number of hydrogen-bond donors (Lipinski definition) is 1. The number of benzene rings is 1. The Kier molecular flexibility index (Phi) is 6.45. The summed E-state index contributed by atoms with van der Waals surface area (Å²) in [4.78, 5) is 45.2. The maximum Gasteiger partial charge on any atom is 0.329 e. The quantitative estimate of drug-likeness (QED) is 0.300. The van der Waals surface area contributed by atoms with Gasteiger partial charge < -0.3 is 19.1 Å². The van der Waals surface area contributed by atoms with Crippen molar-refractivity contribution in [3.05, 3.63) is 63.6 Å². The number of imidazole rings is 1. The zero-order valence-electron chi connectivity index (χ0n) is 19.5. The van der Waals surface area contributed by atoms with Crippen molar-refractivity contribution >= 4 is 34.6 Å². The van der Waals surface area contributed by atoms with E-state index in [2.05, 4.69) is 36.9 Å². The second-order valence-corrected chi connectivity index (χ2v) is 9.17. The minimum absolute atomic E-state index is 0.382. The summed E-state index contributed by atoms with van der Waals surface area (Å²) in [6.45, 7) is 3.59. The molecule has 35 heavy (non-hydrogen) atoms. The number of ether oxygens (including phenoxy) is 1. The first-order chi connectivity index (χ1) is 17.0. The van der Waals surface area contributed by atoms with Crippen LogP contribution in [-0.4, -0.2) is 68.1 Å².